The Labute approximate surface area is 103 Å². The van der Waals surface area contributed by atoms with Crippen LogP contribution >= 0.6 is 0 Å². The summed E-state index contributed by atoms with van der Waals surface area (Å²) < 4.78 is 0. The topological polar surface area (TPSA) is 72.8 Å². The lowest BCUT2D eigenvalue weighted by Gasteiger charge is -2.43. The van der Waals surface area contributed by atoms with E-state index in [-0.39, 0.29) is 25.2 Å². The van der Waals surface area contributed by atoms with Crippen LogP contribution in [0, 0.1) is 0 Å². The van der Waals surface area contributed by atoms with Gasteiger partial charge in [0, 0.05) is 6.54 Å². The molecular formula is C12H24N2O3. The molecule has 5 nitrogen and oxygen atoms in total. The number of piperidine rings is 1. The van der Waals surface area contributed by atoms with Gasteiger partial charge in [0.15, 0.2) is 0 Å². The molecule has 0 aromatic heterocycles. The van der Waals surface area contributed by atoms with E-state index in [4.69, 9.17) is 0 Å². The van der Waals surface area contributed by atoms with Gasteiger partial charge in [0.25, 0.3) is 0 Å². The molecule has 0 aliphatic carbocycles. The van der Waals surface area contributed by atoms with Crippen LogP contribution in [0.5, 0.6) is 0 Å². The highest BCUT2D eigenvalue weighted by Gasteiger charge is 2.39. The summed E-state index contributed by atoms with van der Waals surface area (Å²) in [5.74, 6) is -0.00435. The summed E-state index contributed by atoms with van der Waals surface area (Å²) in [5.41, 5.74) is -0.844. The van der Waals surface area contributed by atoms with Crippen molar-refractivity contribution in [3.05, 3.63) is 0 Å². The third kappa shape index (κ3) is 3.18. The Kier molecular flexibility index (Phi) is 5.36. The van der Waals surface area contributed by atoms with Crippen molar-refractivity contribution in [2.24, 2.45) is 0 Å². The molecule has 0 bridgehead atoms. The molecule has 0 spiro atoms. The molecule has 100 valence electrons. The first-order chi connectivity index (χ1) is 8.09. The maximum atomic E-state index is 12.2. The van der Waals surface area contributed by atoms with Crippen molar-refractivity contribution >= 4 is 5.91 Å². The van der Waals surface area contributed by atoms with E-state index in [1.807, 2.05) is 0 Å². The minimum atomic E-state index is -0.844. The quantitative estimate of drug-likeness (QED) is 0.601. The third-order valence-corrected chi connectivity index (χ3v) is 3.41. The van der Waals surface area contributed by atoms with Crippen molar-refractivity contribution in [1.82, 2.24) is 10.2 Å². The van der Waals surface area contributed by atoms with Crippen LogP contribution in [-0.2, 0) is 4.79 Å². The van der Waals surface area contributed by atoms with Gasteiger partial charge in [-0.1, -0.05) is 6.92 Å². The zero-order chi connectivity index (χ0) is 12.9. The number of carbonyl (C=O) groups is 1. The molecule has 1 fully saturated rings. The van der Waals surface area contributed by atoms with Gasteiger partial charge < -0.3 is 20.4 Å². The van der Waals surface area contributed by atoms with E-state index in [1.54, 1.807) is 11.8 Å². The highest BCUT2D eigenvalue weighted by molar-refractivity contribution is 5.83. The van der Waals surface area contributed by atoms with Gasteiger partial charge in [0.05, 0.1) is 24.8 Å². The number of carbonyl (C=O) groups excluding carboxylic acids is 1. The number of amides is 1. The largest absolute Gasteiger partial charge is 0.394 e. The van der Waals surface area contributed by atoms with Crippen LogP contribution in [-0.4, -0.2) is 58.9 Å². The molecule has 1 unspecified atom stereocenters. The lowest BCUT2D eigenvalue weighted by Crippen LogP contribution is -2.62. The monoisotopic (exact) mass is 244 g/mol. The van der Waals surface area contributed by atoms with Crippen LogP contribution in [0.3, 0.4) is 0 Å². The van der Waals surface area contributed by atoms with Crippen LogP contribution in [0.2, 0.25) is 0 Å². The minimum Gasteiger partial charge on any atom is -0.394 e. The number of nitrogens with zero attached hydrogens (tertiary/aromatic N) is 1. The molecule has 1 heterocycles. The normalized spacial score (nSPS) is 22.0. The fourth-order valence-corrected chi connectivity index (χ4v) is 2.14. The molecule has 0 radical (unpaired) electrons. The maximum absolute atomic E-state index is 12.2. The van der Waals surface area contributed by atoms with Crippen molar-refractivity contribution in [2.45, 2.75) is 44.7 Å². The van der Waals surface area contributed by atoms with Crippen molar-refractivity contribution in [3.8, 4) is 0 Å². The van der Waals surface area contributed by atoms with E-state index in [2.05, 4.69) is 12.2 Å². The summed E-state index contributed by atoms with van der Waals surface area (Å²) >= 11 is 0. The number of aliphatic hydroxyl groups excluding tert-OH is 2. The average molecular weight is 244 g/mol. The Hall–Kier alpha value is -0.650. The van der Waals surface area contributed by atoms with Crippen molar-refractivity contribution < 1.29 is 15.0 Å². The fourth-order valence-electron chi connectivity index (χ4n) is 2.14. The zero-order valence-corrected chi connectivity index (χ0v) is 10.8. The van der Waals surface area contributed by atoms with Gasteiger partial charge >= 0.3 is 0 Å². The van der Waals surface area contributed by atoms with E-state index in [1.165, 1.54) is 0 Å². The number of likely N-dealkylation sites (tertiary alicyclic amines) is 1. The minimum absolute atomic E-state index is 0.00435. The Morgan fingerprint density at radius 2 is 2.12 bits per heavy atom. The molecule has 1 saturated heterocycles. The predicted octanol–water partition coefficient (Wildman–Crippen LogP) is -0.280. The SMILES string of the molecule is CCCNC1CCCN(C(C)(CO)CO)C1=O. The van der Waals surface area contributed by atoms with Crippen LogP contribution in [0.15, 0.2) is 0 Å². The Morgan fingerprint density at radius 1 is 1.47 bits per heavy atom. The van der Waals surface area contributed by atoms with Crippen LogP contribution in [0.4, 0.5) is 0 Å². The molecule has 0 aromatic rings. The van der Waals surface area contributed by atoms with Gasteiger partial charge in [-0.25, -0.2) is 0 Å². The third-order valence-electron chi connectivity index (χ3n) is 3.41. The van der Waals surface area contributed by atoms with E-state index in [9.17, 15) is 15.0 Å². The van der Waals surface area contributed by atoms with E-state index in [0.717, 1.165) is 25.8 Å². The first-order valence-electron chi connectivity index (χ1n) is 6.35. The number of nitrogens with one attached hydrogen (secondary N) is 1. The van der Waals surface area contributed by atoms with Gasteiger partial charge in [-0.3, -0.25) is 4.79 Å². The molecule has 5 heteroatoms. The highest BCUT2D eigenvalue weighted by Crippen LogP contribution is 2.21. The summed E-state index contributed by atoms with van der Waals surface area (Å²) in [5, 5.41) is 21.9. The van der Waals surface area contributed by atoms with E-state index in [0.29, 0.717) is 6.54 Å². The van der Waals surface area contributed by atoms with Gasteiger partial charge in [0.2, 0.25) is 5.91 Å². The van der Waals surface area contributed by atoms with Gasteiger partial charge in [0.1, 0.15) is 0 Å². The van der Waals surface area contributed by atoms with Crippen LogP contribution in [0.25, 0.3) is 0 Å². The molecule has 1 aliphatic rings. The first-order valence-corrected chi connectivity index (χ1v) is 6.35. The molecule has 1 atom stereocenters. The number of hydrogen-bond acceptors (Lipinski definition) is 4. The van der Waals surface area contributed by atoms with Gasteiger partial charge in [-0.05, 0) is 32.7 Å². The number of aliphatic hydroxyl groups is 2. The second-order valence-corrected chi connectivity index (χ2v) is 4.95. The highest BCUT2D eigenvalue weighted by atomic mass is 16.3. The standard InChI is InChI=1S/C12H24N2O3/c1-3-6-13-10-5-4-7-14(11(10)17)12(2,8-15)9-16/h10,13,15-16H,3-9H2,1-2H3. The second-order valence-electron chi connectivity index (χ2n) is 4.95. The Balaban J connectivity index is 2.70. The maximum Gasteiger partial charge on any atom is 0.240 e. The smallest absolute Gasteiger partial charge is 0.240 e. The molecule has 1 amide bonds. The fraction of sp³-hybridized carbons (Fsp3) is 0.917. The van der Waals surface area contributed by atoms with Gasteiger partial charge in [-0.15, -0.1) is 0 Å². The zero-order valence-electron chi connectivity index (χ0n) is 10.8. The summed E-state index contributed by atoms with van der Waals surface area (Å²) in [6, 6.07) is -0.166. The predicted molar refractivity (Wildman–Crippen MR) is 65.6 cm³/mol. The second kappa shape index (κ2) is 6.33. The summed E-state index contributed by atoms with van der Waals surface area (Å²) in [6.45, 7) is 4.78. The molecule has 0 aromatic carbocycles. The molecule has 0 saturated carbocycles. The average Bonchev–Trinajstić information content (AvgIpc) is 2.36. The molecular weight excluding hydrogens is 220 g/mol. The summed E-state index contributed by atoms with van der Waals surface area (Å²) in [6.07, 6.45) is 2.73. The number of rotatable bonds is 6. The van der Waals surface area contributed by atoms with Crippen molar-refractivity contribution in [1.29, 1.82) is 0 Å². The Bertz CT molecular complexity index is 254. The van der Waals surface area contributed by atoms with Gasteiger partial charge in [-0.2, -0.15) is 0 Å². The molecule has 1 aliphatic heterocycles. The van der Waals surface area contributed by atoms with Crippen molar-refractivity contribution in [3.63, 3.8) is 0 Å². The van der Waals surface area contributed by atoms with E-state index < -0.39 is 5.54 Å². The first kappa shape index (κ1) is 14.4. The lowest BCUT2D eigenvalue weighted by atomic mass is 9.95. The molecule has 17 heavy (non-hydrogen) atoms. The summed E-state index contributed by atoms with van der Waals surface area (Å²) in [4.78, 5) is 13.9. The number of hydrogen-bond donors (Lipinski definition) is 3. The van der Waals surface area contributed by atoms with Crippen LogP contribution in [0.1, 0.15) is 33.1 Å². The van der Waals surface area contributed by atoms with E-state index >= 15 is 0 Å². The Morgan fingerprint density at radius 3 is 2.65 bits per heavy atom. The van der Waals surface area contributed by atoms with Crippen molar-refractivity contribution in [2.75, 3.05) is 26.3 Å². The van der Waals surface area contributed by atoms with Crippen LogP contribution < -0.4 is 5.32 Å². The summed E-state index contributed by atoms with van der Waals surface area (Å²) in [7, 11) is 0. The lowest BCUT2D eigenvalue weighted by molar-refractivity contribution is -0.146. The molecule has 1 rings (SSSR count). The molecule has 3 N–H and O–H groups in total.